The molecule has 10 nitrogen and oxygen atoms in total. The molecule has 40 heavy (non-hydrogen) atoms. The van der Waals surface area contributed by atoms with Gasteiger partial charge in [-0.25, -0.2) is 13.2 Å². The number of aromatic carboxylic acids is 1. The maximum Gasteiger partial charge on any atom is 0.339 e. The van der Waals surface area contributed by atoms with E-state index in [1.165, 1.54) is 18.2 Å². The molecule has 0 aliphatic rings. The van der Waals surface area contributed by atoms with Crippen LogP contribution in [0, 0.1) is 13.8 Å². The van der Waals surface area contributed by atoms with Gasteiger partial charge >= 0.3 is 5.97 Å². The number of hydrogen-bond acceptors (Lipinski definition) is 8. The lowest BCUT2D eigenvalue weighted by molar-refractivity contribution is 0.0692. The minimum Gasteiger partial charge on any atom is -0.506 e. The first-order valence-electron chi connectivity index (χ1n) is 12.8. The lowest BCUT2D eigenvalue weighted by atomic mass is 9.98. The van der Waals surface area contributed by atoms with Crippen LogP contribution in [-0.4, -0.2) is 61.8 Å². The summed E-state index contributed by atoms with van der Waals surface area (Å²) in [4.78, 5) is 11.5. The van der Waals surface area contributed by atoms with Gasteiger partial charge in [-0.2, -0.15) is 0 Å². The fourth-order valence-corrected chi connectivity index (χ4v) is 4.92. The Morgan fingerprint density at radius 3 is 2.27 bits per heavy atom. The molecule has 3 rings (SSSR count). The molecule has 0 aliphatic heterocycles. The van der Waals surface area contributed by atoms with Gasteiger partial charge in [-0.15, -0.1) is 0 Å². The number of aryl methyl sites for hydroxylation is 2. The van der Waals surface area contributed by atoms with Crippen molar-refractivity contribution < 1.29 is 38.0 Å². The standard InChI is InChI=1S/C29H36N2O8S/c1-6-38-26-16-20(7-9-23(26)29(34)35)22-13-17(2)28(18(3)14-22)39-12-11-30-19(4)27(33)21-8-10-25(32)24(15-21)31-40(5,36)37/h7-10,13-16,19,27,30-33H,6,11-12H2,1-5H3,(H,34,35)/t19-,27+/m0/s1. The number of anilines is 1. The highest BCUT2D eigenvalue weighted by Gasteiger charge is 2.19. The molecular weight excluding hydrogens is 536 g/mol. The summed E-state index contributed by atoms with van der Waals surface area (Å²) in [5.74, 6) is -0.223. The monoisotopic (exact) mass is 572 g/mol. The molecule has 0 fully saturated rings. The summed E-state index contributed by atoms with van der Waals surface area (Å²) in [5.41, 5.74) is 4.12. The summed E-state index contributed by atoms with van der Waals surface area (Å²) in [6.45, 7) is 8.59. The van der Waals surface area contributed by atoms with Gasteiger partial charge in [0.1, 0.15) is 29.4 Å². The molecule has 2 atom stereocenters. The second kappa shape index (κ2) is 13.0. The van der Waals surface area contributed by atoms with Crippen molar-refractivity contribution in [3.8, 4) is 28.4 Å². The second-order valence-electron chi connectivity index (χ2n) is 9.58. The van der Waals surface area contributed by atoms with Gasteiger partial charge in [-0.05, 0) is 91.9 Å². The Bertz CT molecular complexity index is 1450. The molecular formula is C29H36N2O8S. The van der Waals surface area contributed by atoms with E-state index in [1.807, 2.05) is 26.0 Å². The van der Waals surface area contributed by atoms with Gasteiger partial charge in [-0.3, -0.25) is 4.72 Å². The highest BCUT2D eigenvalue weighted by atomic mass is 32.2. The van der Waals surface area contributed by atoms with Crippen LogP contribution in [0.15, 0.2) is 48.5 Å². The van der Waals surface area contributed by atoms with Crippen molar-refractivity contribution in [2.75, 3.05) is 30.7 Å². The molecule has 11 heteroatoms. The van der Waals surface area contributed by atoms with Crippen LogP contribution in [0.5, 0.6) is 17.2 Å². The van der Waals surface area contributed by atoms with E-state index >= 15 is 0 Å². The van der Waals surface area contributed by atoms with Crippen molar-refractivity contribution >= 4 is 21.7 Å². The van der Waals surface area contributed by atoms with Gasteiger partial charge in [0.25, 0.3) is 0 Å². The summed E-state index contributed by atoms with van der Waals surface area (Å²) in [6, 6.07) is 12.8. The first-order chi connectivity index (χ1) is 18.8. The highest BCUT2D eigenvalue weighted by molar-refractivity contribution is 7.92. The van der Waals surface area contributed by atoms with Gasteiger partial charge in [0.05, 0.1) is 24.7 Å². The number of sulfonamides is 1. The number of aliphatic hydroxyl groups is 1. The zero-order valence-corrected chi connectivity index (χ0v) is 24.0. The van der Waals surface area contributed by atoms with Crippen molar-refractivity contribution in [1.29, 1.82) is 0 Å². The molecule has 0 bridgehead atoms. The number of aromatic hydroxyl groups is 1. The number of phenols is 1. The fourth-order valence-electron chi connectivity index (χ4n) is 4.36. The van der Waals surface area contributed by atoms with E-state index in [9.17, 15) is 28.5 Å². The van der Waals surface area contributed by atoms with Crippen molar-refractivity contribution in [2.24, 2.45) is 0 Å². The SMILES string of the molecule is CCOc1cc(-c2cc(C)c(OCCN[C@@H](C)[C@@H](O)c3ccc(O)c(NS(C)(=O)=O)c3)c(C)c2)ccc1C(=O)O. The Balaban J connectivity index is 1.63. The number of carbonyl (C=O) groups is 1. The molecule has 0 amide bonds. The third-order valence-electron chi connectivity index (χ3n) is 6.25. The molecule has 0 unspecified atom stereocenters. The molecule has 0 saturated heterocycles. The minimum atomic E-state index is -3.59. The number of rotatable bonds is 13. The van der Waals surface area contributed by atoms with Gasteiger partial charge in [-0.1, -0.05) is 12.1 Å². The largest absolute Gasteiger partial charge is 0.506 e. The van der Waals surface area contributed by atoms with Crippen LogP contribution in [0.3, 0.4) is 0 Å². The first kappa shape index (κ1) is 30.7. The van der Waals surface area contributed by atoms with Crippen molar-refractivity contribution in [3.05, 3.63) is 70.8 Å². The number of nitrogens with one attached hydrogen (secondary N) is 2. The molecule has 0 aliphatic carbocycles. The van der Waals surface area contributed by atoms with Crippen molar-refractivity contribution in [3.63, 3.8) is 0 Å². The third-order valence-corrected chi connectivity index (χ3v) is 6.84. The zero-order valence-electron chi connectivity index (χ0n) is 23.2. The molecule has 5 N–H and O–H groups in total. The quantitative estimate of drug-likeness (QED) is 0.149. The summed E-state index contributed by atoms with van der Waals surface area (Å²) in [7, 11) is -3.59. The average molecular weight is 573 g/mol. The van der Waals surface area contributed by atoms with Gasteiger partial charge in [0, 0.05) is 12.6 Å². The fraction of sp³-hybridized carbons (Fsp3) is 0.345. The number of carboxylic acid groups (broad SMARTS) is 1. The van der Waals surface area contributed by atoms with E-state index in [0.29, 0.717) is 31.1 Å². The minimum absolute atomic E-state index is 0.00378. The number of aliphatic hydroxyl groups excluding tert-OH is 1. The van der Waals surface area contributed by atoms with E-state index in [2.05, 4.69) is 10.0 Å². The second-order valence-corrected chi connectivity index (χ2v) is 11.3. The molecule has 0 spiro atoms. The van der Waals surface area contributed by atoms with Crippen molar-refractivity contribution in [2.45, 2.75) is 39.8 Å². The molecule has 3 aromatic carbocycles. The topological polar surface area (TPSA) is 154 Å². The first-order valence-corrected chi connectivity index (χ1v) is 14.7. The predicted octanol–water partition coefficient (Wildman–Crippen LogP) is 4.23. The predicted molar refractivity (Wildman–Crippen MR) is 154 cm³/mol. The smallest absolute Gasteiger partial charge is 0.339 e. The average Bonchev–Trinajstić information content (AvgIpc) is 2.87. The van der Waals surface area contributed by atoms with Crippen LogP contribution in [0.4, 0.5) is 5.69 Å². The van der Waals surface area contributed by atoms with Gasteiger partial charge in [0.2, 0.25) is 10.0 Å². The number of carboxylic acids is 1. The van der Waals surface area contributed by atoms with Crippen LogP contribution in [-0.2, 0) is 10.0 Å². The van der Waals surface area contributed by atoms with E-state index in [0.717, 1.165) is 34.3 Å². The Hall–Kier alpha value is -3.80. The highest BCUT2D eigenvalue weighted by Crippen LogP contribution is 2.33. The number of phenolic OH excluding ortho intramolecular Hbond substituents is 1. The Morgan fingerprint density at radius 1 is 1.00 bits per heavy atom. The molecule has 0 aromatic heterocycles. The Labute approximate surface area is 234 Å². The summed E-state index contributed by atoms with van der Waals surface area (Å²) >= 11 is 0. The Morgan fingerprint density at radius 2 is 1.68 bits per heavy atom. The van der Waals surface area contributed by atoms with Crippen LogP contribution in [0.25, 0.3) is 11.1 Å². The molecule has 216 valence electrons. The van der Waals surface area contributed by atoms with Crippen LogP contribution in [0.2, 0.25) is 0 Å². The van der Waals surface area contributed by atoms with E-state index < -0.39 is 28.1 Å². The maximum atomic E-state index is 11.5. The van der Waals surface area contributed by atoms with Gasteiger partial charge in [0.15, 0.2) is 0 Å². The number of hydrogen-bond donors (Lipinski definition) is 5. The van der Waals surface area contributed by atoms with Crippen LogP contribution < -0.4 is 19.5 Å². The lowest BCUT2D eigenvalue weighted by Crippen LogP contribution is -2.35. The molecule has 0 saturated carbocycles. The van der Waals surface area contributed by atoms with E-state index in [4.69, 9.17) is 9.47 Å². The molecule has 0 radical (unpaired) electrons. The lowest BCUT2D eigenvalue weighted by Gasteiger charge is -2.22. The molecule has 3 aromatic rings. The van der Waals surface area contributed by atoms with E-state index in [1.54, 1.807) is 32.0 Å². The molecule has 0 heterocycles. The Kier molecular flexibility index (Phi) is 10.0. The number of benzene rings is 3. The van der Waals surface area contributed by atoms with Crippen LogP contribution in [0.1, 0.15) is 47.0 Å². The van der Waals surface area contributed by atoms with E-state index in [-0.39, 0.29) is 17.0 Å². The summed E-state index contributed by atoms with van der Waals surface area (Å²) < 4.78 is 36.9. The van der Waals surface area contributed by atoms with Crippen molar-refractivity contribution in [1.82, 2.24) is 5.32 Å². The normalized spacial score (nSPS) is 12.9. The zero-order chi connectivity index (χ0) is 29.6. The summed E-state index contributed by atoms with van der Waals surface area (Å²) in [5, 5.41) is 33.3. The maximum absolute atomic E-state index is 11.5. The third kappa shape index (κ3) is 7.87. The summed E-state index contributed by atoms with van der Waals surface area (Å²) in [6.07, 6.45) is 0.0191. The number of ether oxygens (including phenoxy) is 2. The van der Waals surface area contributed by atoms with Crippen LogP contribution >= 0.6 is 0 Å². The van der Waals surface area contributed by atoms with Gasteiger partial charge < -0.3 is 30.1 Å².